The minimum absolute atomic E-state index is 0.257. The summed E-state index contributed by atoms with van der Waals surface area (Å²) < 4.78 is 19.7. The van der Waals surface area contributed by atoms with Crippen molar-refractivity contribution < 1.29 is 18.7 Å². The molecule has 0 spiro atoms. The normalized spacial score (nSPS) is 16.3. The Morgan fingerprint density at radius 3 is 3.08 bits per heavy atom. The molecule has 1 atom stereocenters. The number of aromatic amines is 1. The largest absolute Gasteiger partial charge is 0.468 e. The smallest absolute Gasteiger partial charge is 0.325 e. The number of methoxy groups -OCH3 is 1. The molecule has 1 aliphatic rings. The molecule has 0 saturated heterocycles. The molecule has 0 saturated carbocycles. The second-order valence-electron chi connectivity index (χ2n) is 5.51. The van der Waals surface area contributed by atoms with Gasteiger partial charge in [-0.1, -0.05) is 15.9 Å². The van der Waals surface area contributed by atoms with Gasteiger partial charge in [0.05, 0.1) is 19.1 Å². The molecule has 0 radical (unpaired) electrons. The molecular weight excluding hydrogens is 395 g/mol. The number of esters is 1. The summed E-state index contributed by atoms with van der Waals surface area (Å²) in [5, 5.41) is 2.50. The molecule has 9 heteroatoms. The second kappa shape index (κ2) is 7.22. The number of nitrogens with one attached hydrogen (secondary N) is 2. The number of carbonyl (C=O) groups excluding carboxylic acids is 2. The summed E-state index contributed by atoms with van der Waals surface area (Å²) in [5.41, 5.74) is 1.79. The highest BCUT2D eigenvalue weighted by molar-refractivity contribution is 9.10. The van der Waals surface area contributed by atoms with E-state index in [4.69, 9.17) is 0 Å². The maximum Gasteiger partial charge on any atom is 0.325 e. The molecule has 0 aliphatic carbocycles. The predicted octanol–water partition coefficient (Wildman–Crippen LogP) is 2.14. The highest BCUT2D eigenvalue weighted by Crippen LogP contribution is 2.35. The quantitative estimate of drug-likeness (QED) is 0.758. The molecule has 1 aromatic heterocycles. The molecule has 2 heterocycles. The number of halogens is 2. The van der Waals surface area contributed by atoms with E-state index in [-0.39, 0.29) is 6.54 Å². The van der Waals surface area contributed by atoms with Crippen LogP contribution < -0.4 is 5.32 Å². The number of imidazole rings is 1. The molecular formula is C16H16BrFN4O3. The fraction of sp³-hybridized carbons (Fsp3) is 0.312. The van der Waals surface area contributed by atoms with Crippen LogP contribution in [0.15, 0.2) is 29.0 Å². The summed E-state index contributed by atoms with van der Waals surface area (Å²) in [6.07, 6.45) is 2.09. The Balaban J connectivity index is 1.96. The zero-order valence-corrected chi connectivity index (χ0v) is 15.0. The van der Waals surface area contributed by atoms with E-state index in [0.29, 0.717) is 28.7 Å². The van der Waals surface area contributed by atoms with E-state index in [1.807, 2.05) is 0 Å². The Kier molecular flexibility index (Phi) is 5.03. The number of amides is 2. The Labute approximate surface area is 151 Å². The summed E-state index contributed by atoms with van der Waals surface area (Å²) in [5.74, 6) is -0.995. The van der Waals surface area contributed by atoms with Gasteiger partial charge in [-0.05, 0) is 18.2 Å². The Morgan fingerprint density at radius 1 is 1.52 bits per heavy atom. The maximum atomic E-state index is 14.5. The van der Waals surface area contributed by atoms with Crippen molar-refractivity contribution in [2.75, 3.05) is 20.2 Å². The fourth-order valence-corrected chi connectivity index (χ4v) is 3.23. The van der Waals surface area contributed by atoms with Crippen LogP contribution in [-0.4, -0.2) is 47.1 Å². The Bertz CT molecular complexity index is 810. The first-order valence-corrected chi connectivity index (χ1v) is 8.39. The van der Waals surface area contributed by atoms with E-state index in [2.05, 4.69) is 36.0 Å². The van der Waals surface area contributed by atoms with Gasteiger partial charge in [-0.2, -0.15) is 0 Å². The van der Waals surface area contributed by atoms with Gasteiger partial charge in [0.25, 0.3) is 0 Å². The third kappa shape index (κ3) is 3.51. The van der Waals surface area contributed by atoms with Crippen LogP contribution in [0.1, 0.15) is 23.0 Å². The molecule has 2 N–H and O–H groups in total. The summed E-state index contributed by atoms with van der Waals surface area (Å²) in [4.78, 5) is 32.6. The van der Waals surface area contributed by atoms with Gasteiger partial charge in [0, 0.05) is 28.7 Å². The highest BCUT2D eigenvalue weighted by atomic mass is 79.9. The first-order chi connectivity index (χ1) is 12.0. The maximum absolute atomic E-state index is 14.5. The van der Waals surface area contributed by atoms with Gasteiger partial charge in [-0.15, -0.1) is 0 Å². The molecule has 3 rings (SSSR count). The van der Waals surface area contributed by atoms with Crippen molar-refractivity contribution in [1.82, 2.24) is 20.2 Å². The summed E-state index contributed by atoms with van der Waals surface area (Å²) >= 11 is 3.33. The second-order valence-corrected chi connectivity index (χ2v) is 6.43. The van der Waals surface area contributed by atoms with Crippen LogP contribution in [0.5, 0.6) is 0 Å². The van der Waals surface area contributed by atoms with E-state index in [0.717, 1.165) is 5.69 Å². The molecule has 25 heavy (non-hydrogen) atoms. The summed E-state index contributed by atoms with van der Waals surface area (Å²) in [7, 11) is 1.24. The van der Waals surface area contributed by atoms with Gasteiger partial charge in [0.1, 0.15) is 18.4 Å². The van der Waals surface area contributed by atoms with Crippen LogP contribution >= 0.6 is 15.9 Å². The number of aromatic nitrogens is 2. The lowest BCUT2D eigenvalue weighted by atomic mass is 9.95. The topological polar surface area (TPSA) is 87.3 Å². The number of ether oxygens (including phenoxy) is 1. The number of carbonyl (C=O) groups is 2. The highest BCUT2D eigenvalue weighted by Gasteiger charge is 2.35. The van der Waals surface area contributed by atoms with Gasteiger partial charge in [-0.3, -0.25) is 4.79 Å². The van der Waals surface area contributed by atoms with E-state index in [1.54, 1.807) is 12.1 Å². The van der Waals surface area contributed by atoms with Crippen LogP contribution in [0.3, 0.4) is 0 Å². The Morgan fingerprint density at radius 2 is 2.32 bits per heavy atom. The van der Waals surface area contributed by atoms with Crippen molar-refractivity contribution in [1.29, 1.82) is 0 Å². The lowest BCUT2D eigenvalue weighted by molar-refractivity contribution is -0.139. The number of nitrogens with zero attached hydrogens (tertiary/aromatic N) is 2. The first-order valence-electron chi connectivity index (χ1n) is 7.59. The molecule has 2 aromatic rings. The number of H-pyrrole nitrogens is 1. The van der Waals surface area contributed by atoms with Crippen molar-refractivity contribution in [3.05, 3.63) is 51.8 Å². The SMILES string of the molecule is COC(=O)CNC(=O)N1CCc2[nH]cnc2C1c1cc(Br)ccc1F. The third-order valence-corrected chi connectivity index (χ3v) is 4.54. The van der Waals surface area contributed by atoms with E-state index >= 15 is 0 Å². The molecule has 1 aromatic carbocycles. The van der Waals surface area contributed by atoms with Gasteiger partial charge in [0.2, 0.25) is 0 Å². The van der Waals surface area contributed by atoms with Gasteiger partial charge >= 0.3 is 12.0 Å². The number of rotatable bonds is 3. The van der Waals surface area contributed by atoms with E-state index in [1.165, 1.54) is 24.4 Å². The summed E-state index contributed by atoms with van der Waals surface area (Å²) in [6.45, 7) is 0.103. The van der Waals surface area contributed by atoms with E-state index in [9.17, 15) is 14.0 Å². The number of hydrogen-bond acceptors (Lipinski definition) is 4. The minimum Gasteiger partial charge on any atom is -0.468 e. The minimum atomic E-state index is -0.690. The zero-order chi connectivity index (χ0) is 18.0. The van der Waals surface area contributed by atoms with Gasteiger partial charge in [-0.25, -0.2) is 14.2 Å². The van der Waals surface area contributed by atoms with Crippen LogP contribution in [0, 0.1) is 5.82 Å². The van der Waals surface area contributed by atoms with Crippen molar-refractivity contribution in [2.24, 2.45) is 0 Å². The number of urea groups is 1. The Hall–Kier alpha value is -2.42. The summed E-state index contributed by atoms with van der Waals surface area (Å²) in [6, 6.07) is 3.39. The number of hydrogen-bond donors (Lipinski definition) is 2. The molecule has 2 amide bonds. The first kappa shape index (κ1) is 17.4. The third-order valence-electron chi connectivity index (χ3n) is 4.05. The van der Waals surface area contributed by atoms with E-state index < -0.39 is 23.9 Å². The molecule has 132 valence electrons. The average Bonchev–Trinajstić information content (AvgIpc) is 3.09. The lowest BCUT2D eigenvalue weighted by Crippen LogP contribution is -2.47. The zero-order valence-electron chi connectivity index (χ0n) is 13.4. The molecule has 0 bridgehead atoms. The molecule has 0 fully saturated rings. The predicted molar refractivity (Wildman–Crippen MR) is 90.4 cm³/mol. The fourth-order valence-electron chi connectivity index (χ4n) is 2.86. The lowest BCUT2D eigenvalue weighted by Gasteiger charge is -2.35. The van der Waals surface area contributed by atoms with Crippen molar-refractivity contribution in [2.45, 2.75) is 12.5 Å². The van der Waals surface area contributed by atoms with Gasteiger partial charge in [0.15, 0.2) is 0 Å². The van der Waals surface area contributed by atoms with Crippen LogP contribution in [-0.2, 0) is 16.0 Å². The van der Waals surface area contributed by atoms with Gasteiger partial charge < -0.3 is 19.9 Å². The monoisotopic (exact) mass is 410 g/mol. The standard InChI is InChI=1S/C16H16BrFN4O3/c1-25-13(23)7-19-16(24)22-5-4-12-14(21-8-20-12)15(22)10-6-9(17)2-3-11(10)18/h2-3,6,8,15H,4-5,7H2,1H3,(H,19,24)(H,20,21). The van der Waals surface area contributed by atoms with Crippen molar-refractivity contribution in [3.8, 4) is 0 Å². The van der Waals surface area contributed by atoms with Crippen LogP contribution in [0.4, 0.5) is 9.18 Å². The molecule has 1 unspecified atom stereocenters. The van der Waals surface area contributed by atoms with Crippen molar-refractivity contribution >= 4 is 27.9 Å². The average molecular weight is 411 g/mol. The van der Waals surface area contributed by atoms with Crippen LogP contribution in [0.25, 0.3) is 0 Å². The molecule has 1 aliphatic heterocycles. The van der Waals surface area contributed by atoms with Crippen molar-refractivity contribution in [3.63, 3.8) is 0 Å². The number of fused-ring (bicyclic) bond motifs is 1. The van der Waals surface area contributed by atoms with Crippen LogP contribution in [0.2, 0.25) is 0 Å². The number of benzene rings is 1. The molecule has 7 nitrogen and oxygen atoms in total.